The van der Waals surface area contributed by atoms with Crippen molar-refractivity contribution in [1.29, 1.82) is 0 Å². The van der Waals surface area contributed by atoms with Gasteiger partial charge in [0.2, 0.25) is 0 Å². The van der Waals surface area contributed by atoms with Crippen LogP contribution < -0.4 is 10.1 Å². The van der Waals surface area contributed by atoms with E-state index in [0.29, 0.717) is 25.6 Å². The van der Waals surface area contributed by atoms with Gasteiger partial charge in [-0.3, -0.25) is 9.79 Å². The monoisotopic (exact) mass is 355 g/mol. The number of carbonyl (C=O) groups excluding carboxylic acids is 1. The maximum atomic E-state index is 13.5. The fourth-order valence-corrected chi connectivity index (χ4v) is 2.85. The minimum absolute atomic E-state index is 0.00117. The van der Waals surface area contributed by atoms with Crippen molar-refractivity contribution in [3.63, 3.8) is 0 Å². The standard InChI is InChI=1S/C17H23F2N3O3/c1-11-9-22(10-13(11)16(23)24-3)17(20-2)21-6-7-25-15-5-4-12(18)8-14(15)19/h4-5,8,11,13H,6-7,9-10H2,1-3H3,(H,20,21). The van der Waals surface area contributed by atoms with E-state index in [1.54, 1.807) is 7.05 Å². The highest BCUT2D eigenvalue weighted by Crippen LogP contribution is 2.24. The van der Waals surface area contributed by atoms with Crippen molar-refractivity contribution in [2.24, 2.45) is 16.8 Å². The van der Waals surface area contributed by atoms with Crippen LogP contribution >= 0.6 is 0 Å². The lowest BCUT2D eigenvalue weighted by atomic mass is 9.99. The van der Waals surface area contributed by atoms with Gasteiger partial charge in [-0.1, -0.05) is 6.92 Å². The van der Waals surface area contributed by atoms with Crippen LogP contribution in [0.25, 0.3) is 0 Å². The molecule has 2 unspecified atom stereocenters. The highest BCUT2D eigenvalue weighted by molar-refractivity contribution is 5.82. The minimum atomic E-state index is -0.737. The number of methoxy groups -OCH3 is 1. The molecule has 1 N–H and O–H groups in total. The van der Waals surface area contributed by atoms with Crippen LogP contribution in [0.4, 0.5) is 8.78 Å². The van der Waals surface area contributed by atoms with Crippen LogP contribution in [-0.2, 0) is 9.53 Å². The largest absolute Gasteiger partial charge is 0.489 e. The number of aliphatic imine (C=N–C) groups is 1. The van der Waals surface area contributed by atoms with E-state index < -0.39 is 11.6 Å². The Labute approximate surface area is 145 Å². The van der Waals surface area contributed by atoms with Crippen LogP contribution in [0.5, 0.6) is 5.75 Å². The van der Waals surface area contributed by atoms with Gasteiger partial charge in [-0.05, 0) is 18.1 Å². The van der Waals surface area contributed by atoms with Gasteiger partial charge in [0, 0.05) is 26.2 Å². The molecule has 1 aliphatic heterocycles. The molecular weight excluding hydrogens is 332 g/mol. The lowest BCUT2D eigenvalue weighted by molar-refractivity contribution is -0.145. The first-order chi connectivity index (χ1) is 12.0. The van der Waals surface area contributed by atoms with Gasteiger partial charge in [0.15, 0.2) is 17.5 Å². The summed E-state index contributed by atoms with van der Waals surface area (Å²) in [7, 11) is 3.04. The fraction of sp³-hybridized carbons (Fsp3) is 0.529. The Balaban J connectivity index is 1.82. The summed E-state index contributed by atoms with van der Waals surface area (Å²) in [6.45, 7) is 3.78. The number of carbonyl (C=O) groups is 1. The number of nitrogens with zero attached hydrogens (tertiary/aromatic N) is 2. The Kier molecular flexibility index (Phi) is 6.55. The van der Waals surface area contributed by atoms with Gasteiger partial charge in [-0.15, -0.1) is 0 Å². The molecule has 0 amide bonds. The van der Waals surface area contributed by atoms with Crippen molar-refractivity contribution < 1.29 is 23.0 Å². The molecule has 0 radical (unpaired) electrons. The van der Waals surface area contributed by atoms with Gasteiger partial charge in [0.25, 0.3) is 0 Å². The molecule has 1 aromatic carbocycles. The summed E-state index contributed by atoms with van der Waals surface area (Å²) in [6.07, 6.45) is 0. The number of halogens is 2. The smallest absolute Gasteiger partial charge is 0.310 e. The summed E-state index contributed by atoms with van der Waals surface area (Å²) >= 11 is 0. The Morgan fingerprint density at radius 1 is 1.40 bits per heavy atom. The number of likely N-dealkylation sites (tertiary alicyclic amines) is 1. The number of nitrogens with one attached hydrogen (secondary N) is 1. The lowest BCUT2D eigenvalue weighted by Crippen LogP contribution is -2.42. The second-order valence-electron chi connectivity index (χ2n) is 5.91. The topological polar surface area (TPSA) is 63.2 Å². The van der Waals surface area contributed by atoms with Gasteiger partial charge in [0.05, 0.1) is 19.6 Å². The first kappa shape index (κ1) is 19.0. The van der Waals surface area contributed by atoms with Gasteiger partial charge < -0.3 is 19.7 Å². The third-order valence-electron chi connectivity index (χ3n) is 4.16. The molecule has 2 atom stereocenters. The Bertz CT molecular complexity index is 640. The van der Waals surface area contributed by atoms with Crippen LogP contribution in [0.3, 0.4) is 0 Å². The Morgan fingerprint density at radius 3 is 2.80 bits per heavy atom. The number of esters is 1. The number of guanidine groups is 1. The average molecular weight is 355 g/mol. The van der Waals surface area contributed by atoms with Gasteiger partial charge >= 0.3 is 5.97 Å². The molecule has 1 saturated heterocycles. The zero-order valence-electron chi connectivity index (χ0n) is 14.6. The average Bonchev–Trinajstić information content (AvgIpc) is 2.97. The van der Waals surface area contributed by atoms with Crippen LogP contribution in [0.2, 0.25) is 0 Å². The molecule has 6 nitrogen and oxygen atoms in total. The molecule has 0 spiro atoms. The fourth-order valence-electron chi connectivity index (χ4n) is 2.85. The van der Waals surface area contributed by atoms with Crippen molar-refractivity contribution in [2.75, 3.05) is 40.4 Å². The molecule has 0 bridgehead atoms. The molecule has 8 heteroatoms. The zero-order chi connectivity index (χ0) is 18.4. The molecule has 25 heavy (non-hydrogen) atoms. The van der Waals surface area contributed by atoms with Gasteiger partial charge in [-0.25, -0.2) is 8.78 Å². The number of hydrogen-bond acceptors (Lipinski definition) is 4. The number of rotatable bonds is 5. The minimum Gasteiger partial charge on any atom is -0.489 e. The molecular formula is C17H23F2N3O3. The van der Waals surface area contributed by atoms with E-state index in [9.17, 15) is 13.6 Å². The normalized spacial score (nSPS) is 20.5. The maximum absolute atomic E-state index is 13.5. The Hall–Kier alpha value is -2.38. The third-order valence-corrected chi connectivity index (χ3v) is 4.16. The molecule has 1 aliphatic rings. The highest BCUT2D eigenvalue weighted by atomic mass is 19.1. The van der Waals surface area contributed by atoms with E-state index in [0.717, 1.165) is 12.1 Å². The first-order valence-electron chi connectivity index (χ1n) is 8.07. The first-order valence-corrected chi connectivity index (χ1v) is 8.07. The quantitative estimate of drug-likeness (QED) is 0.377. The summed E-state index contributed by atoms with van der Waals surface area (Å²) in [4.78, 5) is 17.9. The van der Waals surface area contributed by atoms with E-state index in [1.807, 2.05) is 11.8 Å². The number of hydrogen-bond donors (Lipinski definition) is 1. The van der Waals surface area contributed by atoms with E-state index in [-0.39, 0.29) is 30.2 Å². The van der Waals surface area contributed by atoms with Crippen LogP contribution in [0.15, 0.2) is 23.2 Å². The molecule has 0 aromatic heterocycles. The highest BCUT2D eigenvalue weighted by Gasteiger charge is 2.36. The van der Waals surface area contributed by atoms with Crippen molar-refractivity contribution in [3.8, 4) is 5.75 Å². The number of ether oxygens (including phenoxy) is 2. The molecule has 0 aliphatic carbocycles. The zero-order valence-corrected chi connectivity index (χ0v) is 14.6. The summed E-state index contributed by atoms with van der Waals surface area (Å²) in [5.74, 6) is -0.991. The van der Waals surface area contributed by atoms with E-state index in [1.165, 1.54) is 13.2 Å². The van der Waals surface area contributed by atoms with Crippen molar-refractivity contribution >= 4 is 11.9 Å². The molecule has 2 rings (SSSR count). The predicted molar refractivity (Wildman–Crippen MR) is 89.5 cm³/mol. The van der Waals surface area contributed by atoms with Crippen molar-refractivity contribution in [1.82, 2.24) is 10.2 Å². The second kappa shape index (κ2) is 8.64. The maximum Gasteiger partial charge on any atom is 0.310 e. The summed E-state index contributed by atoms with van der Waals surface area (Å²) in [5, 5.41) is 3.11. The van der Waals surface area contributed by atoms with Crippen LogP contribution in [0.1, 0.15) is 6.92 Å². The SMILES string of the molecule is CN=C(NCCOc1ccc(F)cc1F)N1CC(C)C(C(=O)OC)C1. The van der Waals surface area contributed by atoms with Crippen molar-refractivity contribution in [3.05, 3.63) is 29.8 Å². The van der Waals surface area contributed by atoms with E-state index >= 15 is 0 Å². The molecule has 0 saturated carbocycles. The molecule has 138 valence electrons. The molecule has 1 heterocycles. The van der Waals surface area contributed by atoms with Crippen LogP contribution in [0, 0.1) is 23.5 Å². The summed E-state index contributed by atoms with van der Waals surface area (Å²) in [6, 6.07) is 3.17. The van der Waals surface area contributed by atoms with E-state index in [4.69, 9.17) is 9.47 Å². The lowest BCUT2D eigenvalue weighted by Gasteiger charge is -2.21. The van der Waals surface area contributed by atoms with Crippen LogP contribution in [-0.4, -0.2) is 57.2 Å². The predicted octanol–water partition coefficient (Wildman–Crippen LogP) is 1.66. The van der Waals surface area contributed by atoms with Crippen molar-refractivity contribution in [2.45, 2.75) is 6.92 Å². The summed E-state index contributed by atoms with van der Waals surface area (Å²) < 4.78 is 36.4. The van der Waals surface area contributed by atoms with Gasteiger partial charge in [0.1, 0.15) is 12.4 Å². The third kappa shape index (κ3) is 4.80. The Morgan fingerprint density at radius 2 is 2.16 bits per heavy atom. The molecule has 1 fully saturated rings. The number of benzene rings is 1. The second-order valence-corrected chi connectivity index (χ2v) is 5.91. The summed E-state index contributed by atoms with van der Waals surface area (Å²) in [5.41, 5.74) is 0. The molecule has 1 aromatic rings. The van der Waals surface area contributed by atoms with Gasteiger partial charge in [-0.2, -0.15) is 0 Å². The van der Waals surface area contributed by atoms with E-state index in [2.05, 4.69) is 10.3 Å².